The number of nitrogens with zero attached hydrogens (tertiary/aromatic N) is 1. The highest BCUT2D eigenvalue weighted by molar-refractivity contribution is 9.10. The fourth-order valence-corrected chi connectivity index (χ4v) is 3.81. The van der Waals surface area contributed by atoms with E-state index in [9.17, 15) is 14.0 Å². The Morgan fingerprint density at radius 1 is 1.09 bits per heavy atom. The van der Waals surface area contributed by atoms with Gasteiger partial charge in [-0.2, -0.15) is 0 Å². The van der Waals surface area contributed by atoms with Crippen molar-refractivity contribution in [3.05, 3.63) is 88.6 Å². The van der Waals surface area contributed by atoms with Crippen molar-refractivity contribution in [1.82, 2.24) is 5.43 Å². The number of carbonyl (C=O) groups is 2. The van der Waals surface area contributed by atoms with Crippen molar-refractivity contribution in [3.63, 3.8) is 0 Å². The maximum atomic E-state index is 13.2. The van der Waals surface area contributed by atoms with E-state index in [0.29, 0.717) is 23.7 Å². The Kier molecular flexibility index (Phi) is 6.70. The predicted molar refractivity (Wildman–Crippen MR) is 124 cm³/mol. The van der Waals surface area contributed by atoms with E-state index in [1.54, 1.807) is 12.1 Å². The summed E-state index contributed by atoms with van der Waals surface area (Å²) in [4.78, 5) is 26.6. The molecule has 0 unspecified atom stereocenters. The highest BCUT2D eigenvalue weighted by Gasteiger charge is 2.35. The number of benzene rings is 3. The van der Waals surface area contributed by atoms with Gasteiger partial charge in [0, 0.05) is 23.1 Å². The first-order valence-corrected chi connectivity index (χ1v) is 10.9. The van der Waals surface area contributed by atoms with E-state index in [1.807, 2.05) is 36.4 Å². The maximum Gasteiger partial charge on any atom is 0.243 e. The third kappa shape index (κ3) is 5.26. The third-order valence-corrected chi connectivity index (χ3v) is 5.63. The molecule has 1 atom stereocenters. The predicted octanol–water partition coefficient (Wildman–Crippen LogP) is 4.66. The average Bonchev–Trinajstić information content (AvgIpc) is 3.19. The lowest BCUT2D eigenvalue weighted by Gasteiger charge is -2.18. The van der Waals surface area contributed by atoms with Crippen molar-refractivity contribution >= 4 is 39.1 Å². The van der Waals surface area contributed by atoms with Gasteiger partial charge in [-0.05, 0) is 48.0 Å². The SMILES string of the molecule is O=C(NNc1cc(Br)ccc1OCc1ccccc1)[C@H]1CC(=O)N(c2ccc(F)cc2)C1. The van der Waals surface area contributed by atoms with Gasteiger partial charge in [-0.3, -0.25) is 20.4 Å². The first-order chi connectivity index (χ1) is 15.5. The smallest absolute Gasteiger partial charge is 0.243 e. The molecule has 1 aliphatic rings. The second kappa shape index (κ2) is 9.82. The summed E-state index contributed by atoms with van der Waals surface area (Å²) in [6, 6.07) is 20.9. The second-order valence-corrected chi connectivity index (χ2v) is 8.33. The zero-order valence-corrected chi connectivity index (χ0v) is 18.6. The summed E-state index contributed by atoms with van der Waals surface area (Å²) >= 11 is 3.43. The largest absolute Gasteiger partial charge is 0.487 e. The lowest BCUT2D eigenvalue weighted by molar-refractivity contribution is -0.125. The molecule has 3 aromatic rings. The van der Waals surface area contributed by atoms with Crippen LogP contribution in [-0.4, -0.2) is 18.4 Å². The van der Waals surface area contributed by atoms with Crippen LogP contribution in [0.25, 0.3) is 0 Å². The summed E-state index contributed by atoms with van der Waals surface area (Å²) in [5.74, 6) is -0.810. The van der Waals surface area contributed by atoms with Crippen molar-refractivity contribution in [1.29, 1.82) is 0 Å². The summed E-state index contributed by atoms with van der Waals surface area (Å²) in [6.45, 7) is 0.614. The van der Waals surface area contributed by atoms with Crippen molar-refractivity contribution in [2.75, 3.05) is 16.9 Å². The zero-order valence-electron chi connectivity index (χ0n) is 17.1. The zero-order chi connectivity index (χ0) is 22.5. The minimum atomic E-state index is -0.527. The van der Waals surface area contributed by atoms with Gasteiger partial charge < -0.3 is 9.64 Å². The summed E-state index contributed by atoms with van der Waals surface area (Å²) < 4.78 is 19.9. The number of hydrogen-bond acceptors (Lipinski definition) is 4. The average molecular weight is 498 g/mol. The first-order valence-electron chi connectivity index (χ1n) is 10.1. The number of hydrazine groups is 1. The molecule has 0 spiro atoms. The number of nitrogens with one attached hydrogen (secondary N) is 2. The molecule has 0 bridgehead atoms. The van der Waals surface area contributed by atoms with E-state index in [4.69, 9.17) is 4.74 Å². The molecule has 1 fully saturated rings. The minimum Gasteiger partial charge on any atom is -0.487 e. The van der Waals surface area contributed by atoms with E-state index < -0.39 is 5.92 Å². The normalized spacial score (nSPS) is 15.5. The van der Waals surface area contributed by atoms with Crippen LogP contribution in [-0.2, 0) is 16.2 Å². The molecule has 2 amide bonds. The fraction of sp³-hybridized carbons (Fsp3) is 0.167. The molecule has 2 N–H and O–H groups in total. The van der Waals surface area contributed by atoms with Crippen LogP contribution in [0.2, 0.25) is 0 Å². The van der Waals surface area contributed by atoms with Crippen molar-refractivity contribution in [3.8, 4) is 5.75 Å². The van der Waals surface area contributed by atoms with Crippen molar-refractivity contribution in [2.24, 2.45) is 5.92 Å². The van der Waals surface area contributed by atoms with Gasteiger partial charge in [0.15, 0.2) is 0 Å². The Morgan fingerprint density at radius 3 is 2.59 bits per heavy atom. The van der Waals surface area contributed by atoms with E-state index >= 15 is 0 Å². The molecule has 32 heavy (non-hydrogen) atoms. The first kappa shape index (κ1) is 21.8. The molecular weight excluding hydrogens is 477 g/mol. The number of ether oxygens (including phenoxy) is 1. The van der Waals surface area contributed by atoms with Gasteiger partial charge in [0.25, 0.3) is 0 Å². The van der Waals surface area contributed by atoms with Crippen LogP contribution in [0.4, 0.5) is 15.8 Å². The molecule has 1 saturated heterocycles. The fourth-order valence-electron chi connectivity index (χ4n) is 3.45. The van der Waals surface area contributed by atoms with Gasteiger partial charge in [-0.1, -0.05) is 46.3 Å². The van der Waals surface area contributed by atoms with E-state index in [2.05, 4.69) is 26.8 Å². The molecule has 0 radical (unpaired) electrons. The summed E-state index contributed by atoms with van der Waals surface area (Å²) in [5.41, 5.74) is 7.77. The molecule has 6 nitrogen and oxygen atoms in total. The van der Waals surface area contributed by atoms with Crippen LogP contribution in [0, 0.1) is 11.7 Å². The molecule has 0 aromatic heterocycles. The highest BCUT2D eigenvalue weighted by Crippen LogP contribution is 2.29. The maximum absolute atomic E-state index is 13.2. The number of rotatable bonds is 7. The number of carbonyl (C=O) groups excluding carboxylic acids is 2. The van der Waals surface area contributed by atoms with Gasteiger partial charge in [0.1, 0.15) is 18.2 Å². The Bertz CT molecular complexity index is 1110. The Labute approximate surface area is 193 Å². The quantitative estimate of drug-likeness (QED) is 0.465. The third-order valence-electron chi connectivity index (χ3n) is 5.13. The van der Waals surface area contributed by atoms with Gasteiger partial charge >= 0.3 is 0 Å². The second-order valence-electron chi connectivity index (χ2n) is 7.41. The van der Waals surface area contributed by atoms with Gasteiger partial charge in [0.05, 0.1) is 11.6 Å². The standard InChI is InChI=1S/C24H21BrFN3O3/c25-18-6-11-22(32-15-16-4-2-1-3-5-16)21(13-18)27-28-24(31)17-12-23(30)29(14-17)20-9-7-19(26)8-10-20/h1-11,13,17,27H,12,14-15H2,(H,28,31)/t17-/m0/s1. The molecule has 1 aliphatic heterocycles. The molecular formula is C24H21BrFN3O3. The van der Waals surface area contributed by atoms with Crippen LogP contribution >= 0.6 is 15.9 Å². The van der Waals surface area contributed by atoms with Crippen LogP contribution in [0.15, 0.2) is 77.3 Å². The number of halogens is 2. The molecule has 3 aromatic carbocycles. The van der Waals surface area contributed by atoms with Crippen molar-refractivity contribution in [2.45, 2.75) is 13.0 Å². The van der Waals surface area contributed by atoms with Crippen molar-refractivity contribution < 1.29 is 18.7 Å². The Balaban J connectivity index is 1.38. The van der Waals surface area contributed by atoms with Gasteiger partial charge in [-0.15, -0.1) is 0 Å². The molecule has 0 aliphatic carbocycles. The Morgan fingerprint density at radius 2 is 1.84 bits per heavy atom. The van der Waals surface area contributed by atoms with E-state index in [1.165, 1.54) is 29.2 Å². The topological polar surface area (TPSA) is 70.7 Å². The van der Waals surface area contributed by atoms with Gasteiger partial charge in [-0.25, -0.2) is 4.39 Å². The summed E-state index contributed by atoms with van der Waals surface area (Å²) in [7, 11) is 0. The molecule has 8 heteroatoms. The van der Waals surface area contributed by atoms with Crippen LogP contribution in [0.1, 0.15) is 12.0 Å². The van der Waals surface area contributed by atoms with E-state index in [0.717, 1.165) is 10.0 Å². The lowest BCUT2D eigenvalue weighted by atomic mass is 10.1. The molecule has 0 saturated carbocycles. The number of hydrogen-bond donors (Lipinski definition) is 2. The van der Waals surface area contributed by atoms with E-state index in [-0.39, 0.29) is 30.6 Å². The van der Waals surface area contributed by atoms with Crippen LogP contribution < -0.4 is 20.5 Å². The highest BCUT2D eigenvalue weighted by atomic mass is 79.9. The summed E-state index contributed by atoms with van der Waals surface area (Å²) in [6.07, 6.45) is 0.0841. The van der Waals surface area contributed by atoms with Crippen LogP contribution in [0.3, 0.4) is 0 Å². The monoisotopic (exact) mass is 497 g/mol. The van der Waals surface area contributed by atoms with Crippen LogP contribution in [0.5, 0.6) is 5.75 Å². The van der Waals surface area contributed by atoms with Gasteiger partial charge in [0.2, 0.25) is 11.8 Å². The molecule has 4 rings (SSSR count). The lowest BCUT2D eigenvalue weighted by Crippen LogP contribution is -2.36. The number of anilines is 2. The summed E-state index contributed by atoms with van der Waals surface area (Å²) in [5, 5.41) is 0. The minimum absolute atomic E-state index is 0.0841. The molecule has 1 heterocycles. The molecule has 164 valence electrons. The number of amides is 2. The Hall–Kier alpha value is -3.39.